The molecule has 1 saturated carbocycles. The number of para-hydroxylation sites is 1. The second-order valence-corrected chi connectivity index (χ2v) is 9.07. The molecule has 1 aromatic carbocycles. The van der Waals surface area contributed by atoms with Crippen LogP contribution in [-0.4, -0.2) is 27.3 Å². The van der Waals surface area contributed by atoms with Crippen LogP contribution in [0.3, 0.4) is 0 Å². The molecule has 3 rings (SSSR count). The molecule has 1 aromatic heterocycles. The van der Waals surface area contributed by atoms with Crippen molar-refractivity contribution in [2.45, 2.75) is 69.3 Å². The molecule has 0 bridgehead atoms. The Kier molecular flexibility index (Phi) is 6.58. The van der Waals surface area contributed by atoms with E-state index in [0.29, 0.717) is 28.5 Å². The average Bonchev–Trinajstić information content (AvgIpc) is 3.15. The van der Waals surface area contributed by atoms with Gasteiger partial charge in [0.25, 0.3) is 5.56 Å². The number of nitrogens with zero attached hydrogens (tertiary/aromatic N) is 2. The van der Waals surface area contributed by atoms with Gasteiger partial charge < -0.3 is 5.32 Å². The molecule has 1 fully saturated rings. The summed E-state index contributed by atoms with van der Waals surface area (Å²) in [4.78, 5) is 30.4. The van der Waals surface area contributed by atoms with Crippen molar-refractivity contribution >= 4 is 28.6 Å². The van der Waals surface area contributed by atoms with Crippen molar-refractivity contribution in [1.29, 1.82) is 0 Å². The number of benzene rings is 1. The highest BCUT2D eigenvalue weighted by atomic mass is 32.2. The Hall–Kier alpha value is -1.82. The van der Waals surface area contributed by atoms with Gasteiger partial charge in [0.15, 0.2) is 5.16 Å². The maximum atomic E-state index is 13.1. The van der Waals surface area contributed by atoms with E-state index in [2.05, 4.69) is 19.2 Å². The van der Waals surface area contributed by atoms with E-state index in [9.17, 15) is 9.59 Å². The van der Waals surface area contributed by atoms with Crippen LogP contribution in [0.5, 0.6) is 0 Å². The second-order valence-electron chi connectivity index (χ2n) is 7.76. The third kappa shape index (κ3) is 4.72. The van der Waals surface area contributed by atoms with Gasteiger partial charge in [0.05, 0.1) is 16.2 Å². The number of nitrogens with one attached hydrogen (secondary N) is 1. The van der Waals surface area contributed by atoms with E-state index in [4.69, 9.17) is 4.98 Å². The van der Waals surface area contributed by atoms with Crippen LogP contribution >= 0.6 is 11.8 Å². The molecule has 0 spiro atoms. The number of carbonyl (C=O) groups excluding carboxylic acids is 1. The predicted molar refractivity (Wildman–Crippen MR) is 111 cm³/mol. The Morgan fingerprint density at radius 3 is 2.67 bits per heavy atom. The number of amides is 1. The quantitative estimate of drug-likeness (QED) is 0.572. The lowest BCUT2D eigenvalue weighted by Crippen LogP contribution is -2.33. The number of carbonyl (C=O) groups is 1. The number of hydrogen-bond acceptors (Lipinski definition) is 4. The van der Waals surface area contributed by atoms with Crippen molar-refractivity contribution in [1.82, 2.24) is 14.9 Å². The lowest BCUT2D eigenvalue weighted by Gasteiger charge is -2.20. The van der Waals surface area contributed by atoms with Gasteiger partial charge in [-0.1, -0.05) is 50.6 Å². The number of thioether (sulfide) groups is 1. The highest BCUT2D eigenvalue weighted by molar-refractivity contribution is 8.00. The van der Waals surface area contributed by atoms with Crippen molar-refractivity contribution < 1.29 is 4.79 Å². The smallest absolute Gasteiger partial charge is 0.262 e. The molecule has 2 aromatic rings. The third-order valence-corrected chi connectivity index (χ3v) is 6.20. The summed E-state index contributed by atoms with van der Waals surface area (Å²) in [6.45, 7) is 6.85. The first-order chi connectivity index (χ1) is 13.0. The van der Waals surface area contributed by atoms with Gasteiger partial charge in [0, 0.05) is 12.6 Å². The number of hydrogen-bond donors (Lipinski definition) is 1. The summed E-state index contributed by atoms with van der Waals surface area (Å²) in [5.41, 5.74) is 0.717. The maximum absolute atomic E-state index is 13.1. The van der Waals surface area contributed by atoms with Crippen LogP contribution in [0.15, 0.2) is 34.2 Å². The molecular formula is C21H29N3O2S. The topological polar surface area (TPSA) is 64.0 Å². The van der Waals surface area contributed by atoms with Gasteiger partial charge in [-0.3, -0.25) is 14.2 Å². The normalized spacial score (nSPS) is 16.1. The standard InChI is InChI=1S/C21H29N3O2S/c1-14(2)12-13-22-19(25)15(3)27-21-23-18-11-7-6-10-17(18)20(26)24(21)16-8-4-5-9-16/h6-7,10-11,14-16H,4-5,8-9,12-13H2,1-3H3,(H,22,25). The van der Waals surface area contributed by atoms with E-state index >= 15 is 0 Å². The largest absolute Gasteiger partial charge is 0.355 e. The first kappa shape index (κ1) is 19.9. The average molecular weight is 388 g/mol. The number of rotatable bonds is 7. The Morgan fingerprint density at radius 2 is 1.96 bits per heavy atom. The van der Waals surface area contributed by atoms with Crippen LogP contribution in [0.4, 0.5) is 0 Å². The number of fused-ring (bicyclic) bond motifs is 1. The van der Waals surface area contributed by atoms with Crippen molar-refractivity contribution in [3.63, 3.8) is 0 Å². The summed E-state index contributed by atoms with van der Waals surface area (Å²) in [6, 6.07) is 7.67. The summed E-state index contributed by atoms with van der Waals surface area (Å²) in [7, 11) is 0. The van der Waals surface area contributed by atoms with Crippen molar-refractivity contribution in [2.75, 3.05) is 6.54 Å². The zero-order valence-electron chi connectivity index (χ0n) is 16.4. The van der Waals surface area contributed by atoms with E-state index in [-0.39, 0.29) is 22.8 Å². The molecule has 1 aliphatic rings. The van der Waals surface area contributed by atoms with Crippen molar-refractivity contribution in [3.05, 3.63) is 34.6 Å². The van der Waals surface area contributed by atoms with Gasteiger partial charge in [-0.25, -0.2) is 4.98 Å². The molecule has 1 amide bonds. The van der Waals surface area contributed by atoms with Crippen LogP contribution in [0, 0.1) is 5.92 Å². The molecule has 146 valence electrons. The Balaban J connectivity index is 1.87. The molecule has 1 aliphatic carbocycles. The minimum atomic E-state index is -0.294. The van der Waals surface area contributed by atoms with E-state index in [1.165, 1.54) is 11.8 Å². The fraction of sp³-hybridized carbons (Fsp3) is 0.571. The van der Waals surface area contributed by atoms with Crippen LogP contribution in [0.1, 0.15) is 58.9 Å². The monoisotopic (exact) mass is 387 g/mol. The summed E-state index contributed by atoms with van der Waals surface area (Å²) in [6.07, 6.45) is 5.24. The third-order valence-electron chi connectivity index (χ3n) is 5.14. The van der Waals surface area contributed by atoms with E-state index in [0.717, 1.165) is 32.1 Å². The lowest BCUT2D eigenvalue weighted by atomic mass is 10.1. The molecule has 6 heteroatoms. The van der Waals surface area contributed by atoms with Crippen molar-refractivity contribution in [2.24, 2.45) is 5.92 Å². The molecule has 5 nitrogen and oxygen atoms in total. The number of aromatic nitrogens is 2. The minimum absolute atomic E-state index is 0.000953. The zero-order chi connectivity index (χ0) is 19.4. The Labute approximate surface area is 164 Å². The summed E-state index contributed by atoms with van der Waals surface area (Å²) >= 11 is 1.39. The van der Waals surface area contributed by atoms with E-state index in [1.54, 1.807) is 0 Å². The van der Waals surface area contributed by atoms with Gasteiger partial charge in [-0.2, -0.15) is 0 Å². The molecule has 1 N–H and O–H groups in total. The fourth-order valence-electron chi connectivity index (χ4n) is 3.53. The summed E-state index contributed by atoms with van der Waals surface area (Å²) < 4.78 is 1.85. The highest BCUT2D eigenvalue weighted by Crippen LogP contribution is 2.33. The Bertz CT molecular complexity index is 856. The van der Waals surface area contributed by atoms with Crippen LogP contribution in [0.25, 0.3) is 10.9 Å². The minimum Gasteiger partial charge on any atom is -0.355 e. The Morgan fingerprint density at radius 1 is 1.26 bits per heavy atom. The van der Waals surface area contributed by atoms with Gasteiger partial charge in [0.1, 0.15) is 0 Å². The molecule has 1 heterocycles. The van der Waals surface area contributed by atoms with E-state index in [1.807, 2.05) is 35.8 Å². The van der Waals surface area contributed by atoms with Crippen LogP contribution in [-0.2, 0) is 4.79 Å². The predicted octanol–water partition coefficient (Wildman–Crippen LogP) is 4.15. The molecule has 1 atom stereocenters. The molecule has 0 radical (unpaired) electrons. The molecule has 27 heavy (non-hydrogen) atoms. The zero-order valence-corrected chi connectivity index (χ0v) is 17.2. The fourth-order valence-corrected chi connectivity index (χ4v) is 4.54. The maximum Gasteiger partial charge on any atom is 0.262 e. The lowest BCUT2D eigenvalue weighted by molar-refractivity contribution is -0.120. The van der Waals surface area contributed by atoms with E-state index < -0.39 is 0 Å². The van der Waals surface area contributed by atoms with Gasteiger partial charge in [0.2, 0.25) is 5.91 Å². The van der Waals surface area contributed by atoms with Crippen LogP contribution < -0.4 is 10.9 Å². The first-order valence-corrected chi connectivity index (χ1v) is 10.8. The summed E-state index contributed by atoms with van der Waals surface area (Å²) in [5.74, 6) is 0.559. The first-order valence-electron chi connectivity index (χ1n) is 9.93. The second kappa shape index (κ2) is 8.91. The van der Waals surface area contributed by atoms with Crippen molar-refractivity contribution in [3.8, 4) is 0 Å². The molecule has 0 aliphatic heterocycles. The molecule has 0 saturated heterocycles. The highest BCUT2D eigenvalue weighted by Gasteiger charge is 2.25. The molecular weight excluding hydrogens is 358 g/mol. The van der Waals surface area contributed by atoms with Gasteiger partial charge in [-0.15, -0.1) is 0 Å². The summed E-state index contributed by atoms with van der Waals surface area (Å²) in [5, 5.41) is 4.03. The SMILES string of the molecule is CC(C)CCNC(=O)C(C)Sc1nc2ccccc2c(=O)n1C1CCCC1. The van der Waals surface area contributed by atoms with Gasteiger partial charge >= 0.3 is 0 Å². The van der Waals surface area contributed by atoms with Crippen LogP contribution in [0.2, 0.25) is 0 Å². The molecule has 1 unspecified atom stereocenters. The van der Waals surface area contributed by atoms with Gasteiger partial charge in [-0.05, 0) is 44.2 Å².